The van der Waals surface area contributed by atoms with Crippen LogP contribution < -0.4 is 4.74 Å². The molecule has 0 atom stereocenters. The normalized spacial score (nSPS) is 10.6. The van der Waals surface area contributed by atoms with Gasteiger partial charge >= 0.3 is 0 Å². The third kappa shape index (κ3) is 3.17. The quantitative estimate of drug-likeness (QED) is 0.742. The van der Waals surface area contributed by atoms with Crippen LogP contribution >= 0.6 is 23.2 Å². The van der Waals surface area contributed by atoms with Crippen molar-refractivity contribution in [2.75, 3.05) is 0 Å². The molecule has 1 aromatic carbocycles. The molecule has 2 rings (SSSR count). The van der Waals surface area contributed by atoms with Gasteiger partial charge in [-0.05, 0) is 43.7 Å². The van der Waals surface area contributed by atoms with Gasteiger partial charge in [0, 0.05) is 11.3 Å². The molecule has 2 nitrogen and oxygen atoms in total. The molecule has 0 radical (unpaired) electrons. The second-order valence-corrected chi connectivity index (χ2v) is 4.85. The van der Waals surface area contributed by atoms with Crippen LogP contribution in [0.15, 0.2) is 24.3 Å². The molecule has 0 aliphatic rings. The maximum Gasteiger partial charge on any atom is 0.224 e. The Morgan fingerprint density at radius 1 is 1.26 bits per heavy atom. The monoisotopic (exact) mass is 299 g/mol. The third-order valence-electron chi connectivity index (χ3n) is 2.67. The number of nitrogens with zero attached hydrogens (tertiary/aromatic N) is 1. The summed E-state index contributed by atoms with van der Waals surface area (Å²) in [6.07, 6.45) is 0. The zero-order valence-electron chi connectivity index (χ0n) is 10.5. The number of rotatable bonds is 3. The lowest BCUT2D eigenvalue weighted by molar-refractivity contribution is 0.455. The Hall–Kier alpha value is -1.32. The molecule has 1 heterocycles. The maximum atomic E-state index is 13.0. The minimum absolute atomic E-state index is 0.196. The minimum atomic E-state index is -0.414. The minimum Gasteiger partial charge on any atom is -0.437 e. The summed E-state index contributed by atoms with van der Waals surface area (Å²) >= 11 is 11.8. The molecule has 0 amide bonds. The lowest BCUT2D eigenvalue weighted by Crippen LogP contribution is -1.98. The number of aryl methyl sites for hydroxylation is 2. The van der Waals surface area contributed by atoms with E-state index in [2.05, 4.69) is 4.98 Å². The Labute approximate surface area is 121 Å². The average molecular weight is 300 g/mol. The van der Waals surface area contributed by atoms with E-state index in [0.717, 1.165) is 16.8 Å². The molecule has 0 saturated carbocycles. The number of hydrogen-bond donors (Lipinski definition) is 0. The number of alkyl halides is 1. The van der Waals surface area contributed by atoms with Gasteiger partial charge in [0.1, 0.15) is 11.6 Å². The lowest BCUT2D eigenvalue weighted by atomic mass is 10.1. The molecule has 0 spiro atoms. The second kappa shape index (κ2) is 5.76. The van der Waals surface area contributed by atoms with Crippen LogP contribution in [0.25, 0.3) is 0 Å². The van der Waals surface area contributed by atoms with Gasteiger partial charge in [-0.2, -0.15) is 0 Å². The van der Waals surface area contributed by atoms with Crippen LogP contribution in [0.3, 0.4) is 0 Å². The van der Waals surface area contributed by atoms with Gasteiger partial charge in [0.2, 0.25) is 5.88 Å². The van der Waals surface area contributed by atoms with E-state index in [1.54, 1.807) is 0 Å². The van der Waals surface area contributed by atoms with Crippen LogP contribution in [0.4, 0.5) is 4.39 Å². The van der Waals surface area contributed by atoms with E-state index in [1.807, 2.05) is 19.9 Å². The van der Waals surface area contributed by atoms with Crippen molar-refractivity contribution < 1.29 is 9.13 Å². The summed E-state index contributed by atoms with van der Waals surface area (Å²) in [4.78, 5) is 4.30. The van der Waals surface area contributed by atoms with Crippen molar-refractivity contribution in [3.05, 3.63) is 51.9 Å². The van der Waals surface area contributed by atoms with E-state index < -0.39 is 5.82 Å². The number of hydrogen-bond acceptors (Lipinski definition) is 2. The lowest BCUT2D eigenvalue weighted by Gasteiger charge is -2.12. The topological polar surface area (TPSA) is 22.1 Å². The van der Waals surface area contributed by atoms with Crippen LogP contribution in [-0.2, 0) is 5.88 Å². The standard InChI is InChI=1S/C14H12Cl2FNO/c1-8-5-9(2)18-14(11(8)7-15)19-13-4-3-10(17)6-12(13)16/h3-6H,7H2,1-2H3. The molecule has 2 aromatic rings. The summed E-state index contributed by atoms with van der Waals surface area (Å²) in [5.41, 5.74) is 2.61. The van der Waals surface area contributed by atoms with E-state index in [0.29, 0.717) is 11.6 Å². The van der Waals surface area contributed by atoms with Gasteiger partial charge in [-0.3, -0.25) is 0 Å². The van der Waals surface area contributed by atoms with Crippen molar-refractivity contribution in [2.45, 2.75) is 19.7 Å². The number of aromatic nitrogens is 1. The van der Waals surface area contributed by atoms with Gasteiger partial charge in [-0.1, -0.05) is 11.6 Å². The van der Waals surface area contributed by atoms with Gasteiger partial charge < -0.3 is 4.74 Å². The average Bonchev–Trinajstić information content (AvgIpc) is 2.32. The van der Waals surface area contributed by atoms with Crippen LogP contribution in [0.2, 0.25) is 5.02 Å². The van der Waals surface area contributed by atoms with E-state index in [-0.39, 0.29) is 10.9 Å². The number of benzene rings is 1. The maximum absolute atomic E-state index is 13.0. The zero-order chi connectivity index (χ0) is 14.0. The van der Waals surface area contributed by atoms with E-state index in [1.165, 1.54) is 18.2 Å². The van der Waals surface area contributed by atoms with Crippen LogP contribution in [0.1, 0.15) is 16.8 Å². The Morgan fingerprint density at radius 2 is 2.00 bits per heavy atom. The molecule has 0 saturated heterocycles. The molecule has 19 heavy (non-hydrogen) atoms. The number of ether oxygens (including phenoxy) is 1. The summed E-state index contributed by atoms with van der Waals surface area (Å²) < 4.78 is 18.6. The predicted molar refractivity (Wildman–Crippen MR) is 74.8 cm³/mol. The molecular weight excluding hydrogens is 288 g/mol. The highest BCUT2D eigenvalue weighted by atomic mass is 35.5. The van der Waals surface area contributed by atoms with Gasteiger partial charge in [0.25, 0.3) is 0 Å². The van der Waals surface area contributed by atoms with E-state index in [4.69, 9.17) is 27.9 Å². The number of halogens is 3. The van der Waals surface area contributed by atoms with Crippen LogP contribution in [0, 0.1) is 19.7 Å². The first-order valence-electron chi connectivity index (χ1n) is 5.67. The van der Waals surface area contributed by atoms with Gasteiger partial charge in [-0.15, -0.1) is 11.6 Å². The smallest absolute Gasteiger partial charge is 0.224 e. The predicted octanol–water partition coefficient (Wildman–Crippen LogP) is 5.02. The van der Waals surface area contributed by atoms with Crippen molar-refractivity contribution in [3.8, 4) is 11.6 Å². The van der Waals surface area contributed by atoms with Crippen LogP contribution in [0.5, 0.6) is 11.6 Å². The molecule has 0 bridgehead atoms. The summed E-state index contributed by atoms with van der Waals surface area (Å²) in [5, 5.41) is 0.196. The summed E-state index contributed by atoms with van der Waals surface area (Å²) in [5.74, 6) is 0.629. The Morgan fingerprint density at radius 3 is 2.63 bits per heavy atom. The molecule has 0 aliphatic carbocycles. The molecule has 0 aliphatic heterocycles. The highest BCUT2D eigenvalue weighted by molar-refractivity contribution is 6.32. The SMILES string of the molecule is Cc1cc(C)c(CCl)c(Oc2ccc(F)cc2Cl)n1. The Bertz CT molecular complexity index is 617. The molecule has 0 N–H and O–H groups in total. The van der Waals surface area contributed by atoms with Crippen molar-refractivity contribution >= 4 is 23.2 Å². The van der Waals surface area contributed by atoms with Gasteiger partial charge in [-0.25, -0.2) is 9.37 Å². The number of pyridine rings is 1. The highest BCUT2D eigenvalue weighted by Gasteiger charge is 2.12. The molecular formula is C14H12Cl2FNO. The van der Waals surface area contributed by atoms with Gasteiger partial charge in [0.05, 0.1) is 10.9 Å². The first-order chi connectivity index (χ1) is 9.01. The fourth-order valence-corrected chi connectivity index (χ4v) is 2.27. The summed E-state index contributed by atoms with van der Waals surface area (Å²) in [6, 6.07) is 5.87. The molecule has 1 aromatic heterocycles. The van der Waals surface area contributed by atoms with E-state index in [9.17, 15) is 4.39 Å². The highest BCUT2D eigenvalue weighted by Crippen LogP contribution is 2.32. The molecule has 0 unspecified atom stereocenters. The van der Waals surface area contributed by atoms with Crippen molar-refractivity contribution in [1.82, 2.24) is 4.98 Å². The Balaban J connectivity index is 2.42. The third-order valence-corrected chi connectivity index (χ3v) is 3.23. The fourth-order valence-electron chi connectivity index (χ4n) is 1.74. The Kier molecular flexibility index (Phi) is 4.27. The molecule has 100 valence electrons. The van der Waals surface area contributed by atoms with Gasteiger partial charge in [0.15, 0.2) is 0 Å². The molecule has 5 heteroatoms. The first kappa shape index (κ1) is 14.1. The zero-order valence-corrected chi connectivity index (χ0v) is 12.0. The van der Waals surface area contributed by atoms with Crippen molar-refractivity contribution in [3.63, 3.8) is 0 Å². The summed E-state index contributed by atoms with van der Waals surface area (Å²) in [6.45, 7) is 3.80. The van der Waals surface area contributed by atoms with Crippen molar-refractivity contribution in [1.29, 1.82) is 0 Å². The first-order valence-corrected chi connectivity index (χ1v) is 6.58. The fraction of sp³-hybridized carbons (Fsp3) is 0.214. The second-order valence-electron chi connectivity index (χ2n) is 4.17. The van der Waals surface area contributed by atoms with Crippen molar-refractivity contribution in [2.24, 2.45) is 0 Å². The van der Waals surface area contributed by atoms with E-state index >= 15 is 0 Å². The van der Waals surface area contributed by atoms with Crippen LogP contribution in [-0.4, -0.2) is 4.98 Å². The largest absolute Gasteiger partial charge is 0.437 e. The molecule has 0 fully saturated rings. The summed E-state index contributed by atoms with van der Waals surface area (Å²) in [7, 11) is 0.